The molecule has 0 spiro atoms. The second-order valence-corrected chi connectivity index (χ2v) is 7.64. The van der Waals surface area contributed by atoms with Crippen LogP contribution in [0.5, 0.6) is 0 Å². The average Bonchev–Trinajstić information content (AvgIpc) is 2.72. The molecule has 1 unspecified atom stereocenters. The molecule has 1 aromatic rings. The van der Waals surface area contributed by atoms with Gasteiger partial charge < -0.3 is 10.4 Å². The van der Waals surface area contributed by atoms with Crippen LogP contribution in [0.4, 0.5) is 5.69 Å². The quantitative estimate of drug-likeness (QED) is 0.849. The van der Waals surface area contributed by atoms with E-state index in [-0.39, 0.29) is 29.2 Å². The molecule has 1 fully saturated rings. The molecule has 1 aliphatic rings. The van der Waals surface area contributed by atoms with Crippen LogP contribution in [0.15, 0.2) is 22.7 Å². The molecule has 6 nitrogen and oxygen atoms in total. The second-order valence-electron chi connectivity index (χ2n) is 4.56. The number of amides is 1. The average molecular weight is 362 g/mol. The lowest BCUT2D eigenvalue weighted by molar-refractivity contribution is -0.119. The predicted octanol–water partition coefficient (Wildman–Crippen LogP) is 1.52. The fourth-order valence-electron chi connectivity index (χ4n) is 2.06. The van der Waals surface area contributed by atoms with E-state index in [1.807, 2.05) is 0 Å². The van der Waals surface area contributed by atoms with Crippen molar-refractivity contribution in [2.45, 2.75) is 6.42 Å². The molecule has 8 heteroatoms. The monoisotopic (exact) mass is 361 g/mol. The number of aromatic carboxylic acids is 1. The Hall–Kier alpha value is -1.41. The molecule has 108 valence electrons. The van der Waals surface area contributed by atoms with Crippen molar-refractivity contribution in [2.24, 2.45) is 5.92 Å². The molecule has 0 bridgehead atoms. The van der Waals surface area contributed by atoms with Gasteiger partial charge in [0, 0.05) is 4.47 Å². The zero-order valence-electron chi connectivity index (χ0n) is 10.3. The summed E-state index contributed by atoms with van der Waals surface area (Å²) in [7, 11) is -3.16. The summed E-state index contributed by atoms with van der Waals surface area (Å²) >= 11 is 3.18. The smallest absolute Gasteiger partial charge is 0.337 e. The predicted molar refractivity (Wildman–Crippen MR) is 76.5 cm³/mol. The zero-order valence-corrected chi connectivity index (χ0v) is 12.7. The van der Waals surface area contributed by atoms with Crippen LogP contribution in [0.1, 0.15) is 16.8 Å². The standard InChI is InChI=1S/C12H12BrNO5S/c13-9-3-1-2-8(12(16)17)10(9)14-11(15)7-4-5-20(18,19)6-7/h1-3,7H,4-6H2,(H,14,15)(H,16,17). The molecule has 0 aliphatic carbocycles. The first-order chi connectivity index (χ1) is 9.30. The van der Waals surface area contributed by atoms with E-state index in [1.165, 1.54) is 6.07 Å². The number of rotatable bonds is 3. The van der Waals surface area contributed by atoms with Crippen molar-refractivity contribution < 1.29 is 23.1 Å². The Morgan fingerprint density at radius 2 is 2.05 bits per heavy atom. The topological polar surface area (TPSA) is 101 Å². The lowest BCUT2D eigenvalue weighted by Gasteiger charge is -2.13. The minimum Gasteiger partial charge on any atom is -0.478 e. The highest BCUT2D eigenvalue weighted by molar-refractivity contribution is 9.10. The van der Waals surface area contributed by atoms with Gasteiger partial charge in [-0.15, -0.1) is 0 Å². The van der Waals surface area contributed by atoms with Gasteiger partial charge >= 0.3 is 5.97 Å². The van der Waals surface area contributed by atoms with Gasteiger partial charge in [-0.3, -0.25) is 4.79 Å². The molecule has 0 aromatic heterocycles. The van der Waals surface area contributed by atoms with Gasteiger partial charge in [0.05, 0.1) is 28.7 Å². The maximum Gasteiger partial charge on any atom is 0.337 e. The molecule has 1 aromatic carbocycles. The molecular weight excluding hydrogens is 350 g/mol. The third-order valence-corrected chi connectivity index (χ3v) is 5.52. The van der Waals surface area contributed by atoms with Gasteiger partial charge in [0.1, 0.15) is 0 Å². The molecule has 1 amide bonds. The summed E-state index contributed by atoms with van der Waals surface area (Å²) < 4.78 is 23.1. The van der Waals surface area contributed by atoms with E-state index in [4.69, 9.17) is 5.11 Å². The summed E-state index contributed by atoms with van der Waals surface area (Å²) in [4.78, 5) is 23.2. The van der Waals surface area contributed by atoms with Crippen LogP contribution in [0, 0.1) is 5.92 Å². The largest absolute Gasteiger partial charge is 0.478 e. The van der Waals surface area contributed by atoms with E-state index in [0.717, 1.165) is 0 Å². The Bertz CT molecular complexity index is 670. The third-order valence-electron chi connectivity index (χ3n) is 3.10. The Morgan fingerprint density at radius 1 is 1.35 bits per heavy atom. The summed E-state index contributed by atoms with van der Waals surface area (Å²) in [5.74, 6) is -2.46. The van der Waals surface area contributed by atoms with E-state index in [9.17, 15) is 18.0 Å². The van der Waals surface area contributed by atoms with Gasteiger partial charge in [-0.2, -0.15) is 0 Å². The van der Waals surface area contributed by atoms with Crippen molar-refractivity contribution in [3.63, 3.8) is 0 Å². The lowest BCUT2D eigenvalue weighted by atomic mass is 10.1. The fraction of sp³-hybridized carbons (Fsp3) is 0.333. The Kier molecular flexibility index (Phi) is 4.14. The SMILES string of the molecule is O=C(O)c1cccc(Br)c1NC(=O)C1CCS(=O)(=O)C1. The van der Waals surface area contributed by atoms with Crippen molar-refractivity contribution in [1.82, 2.24) is 0 Å². The molecule has 2 rings (SSSR count). The number of anilines is 1. The summed E-state index contributed by atoms with van der Waals surface area (Å²) in [5, 5.41) is 11.6. The van der Waals surface area contributed by atoms with Crippen LogP contribution in [-0.4, -0.2) is 36.9 Å². The van der Waals surface area contributed by atoms with E-state index in [0.29, 0.717) is 4.47 Å². The fourth-order valence-corrected chi connectivity index (χ4v) is 4.26. The molecule has 1 saturated heterocycles. The highest BCUT2D eigenvalue weighted by Gasteiger charge is 2.33. The normalized spacial score (nSPS) is 20.6. The number of hydrogen-bond donors (Lipinski definition) is 2. The number of benzene rings is 1. The Labute approximate surface area is 124 Å². The van der Waals surface area contributed by atoms with Gasteiger partial charge in [0.15, 0.2) is 9.84 Å². The van der Waals surface area contributed by atoms with Crippen LogP contribution >= 0.6 is 15.9 Å². The molecule has 0 saturated carbocycles. The van der Waals surface area contributed by atoms with Gasteiger partial charge in [-0.1, -0.05) is 6.07 Å². The minimum atomic E-state index is -3.16. The number of hydrogen-bond acceptors (Lipinski definition) is 4. The first-order valence-electron chi connectivity index (χ1n) is 5.83. The van der Waals surface area contributed by atoms with Gasteiger partial charge in [-0.25, -0.2) is 13.2 Å². The van der Waals surface area contributed by atoms with Crippen molar-refractivity contribution in [3.05, 3.63) is 28.2 Å². The number of nitrogens with one attached hydrogen (secondary N) is 1. The number of halogens is 1. The zero-order chi connectivity index (χ0) is 14.9. The maximum atomic E-state index is 12.0. The number of sulfone groups is 1. The number of carbonyl (C=O) groups is 2. The van der Waals surface area contributed by atoms with E-state index in [1.54, 1.807) is 12.1 Å². The van der Waals surface area contributed by atoms with Gasteiger partial charge in [0.2, 0.25) is 5.91 Å². The second kappa shape index (κ2) is 5.53. The summed E-state index contributed by atoms with van der Waals surface area (Å²) in [6, 6.07) is 4.52. The molecule has 2 N–H and O–H groups in total. The highest BCUT2D eigenvalue weighted by atomic mass is 79.9. The number of para-hydroxylation sites is 1. The van der Waals surface area contributed by atoms with E-state index in [2.05, 4.69) is 21.2 Å². The Morgan fingerprint density at radius 3 is 2.60 bits per heavy atom. The summed E-state index contributed by atoms with van der Waals surface area (Å²) in [6.07, 6.45) is 0.265. The van der Waals surface area contributed by atoms with E-state index >= 15 is 0 Å². The molecule has 20 heavy (non-hydrogen) atoms. The molecule has 1 aliphatic heterocycles. The van der Waals surface area contributed by atoms with Crippen LogP contribution < -0.4 is 5.32 Å². The first-order valence-corrected chi connectivity index (χ1v) is 8.45. The maximum absolute atomic E-state index is 12.0. The number of carbonyl (C=O) groups excluding carboxylic acids is 1. The van der Waals surface area contributed by atoms with Crippen LogP contribution in [0.2, 0.25) is 0 Å². The van der Waals surface area contributed by atoms with Crippen LogP contribution in [-0.2, 0) is 14.6 Å². The third kappa shape index (κ3) is 3.18. The van der Waals surface area contributed by atoms with Gasteiger partial charge in [-0.05, 0) is 34.5 Å². The highest BCUT2D eigenvalue weighted by Crippen LogP contribution is 2.28. The van der Waals surface area contributed by atoms with Crippen molar-refractivity contribution in [1.29, 1.82) is 0 Å². The molecule has 0 radical (unpaired) electrons. The van der Waals surface area contributed by atoms with Crippen molar-refractivity contribution in [3.8, 4) is 0 Å². The number of carboxylic acid groups (broad SMARTS) is 1. The molecular formula is C12H12BrNO5S. The summed E-state index contributed by atoms with van der Waals surface area (Å²) in [5.41, 5.74) is 0.0999. The first kappa shape index (κ1) is 15.0. The lowest BCUT2D eigenvalue weighted by Crippen LogP contribution is -2.25. The van der Waals surface area contributed by atoms with Crippen molar-refractivity contribution >= 4 is 43.3 Å². The van der Waals surface area contributed by atoms with Crippen LogP contribution in [0.25, 0.3) is 0 Å². The molecule has 1 heterocycles. The van der Waals surface area contributed by atoms with Gasteiger partial charge in [0.25, 0.3) is 0 Å². The number of carboxylic acids is 1. The van der Waals surface area contributed by atoms with E-state index < -0.39 is 27.6 Å². The van der Waals surface area contributed by atoms with Crippen LogP contribution in [0.3, 0.4) is 0 Å². The Balaban J connectivity index is 2.23. The minimum absolute atomic E-state index is 0.00711. The molecule has 1 atom stereocenters. The van der Waals surface area contributed by atoms with Crippen molar-refractivity contribution in [2.75, 3.05) is 16.8 Å². The summed E-state index contributed by atoms with van der Waals surface area (Å²) in [6.45, 7) is 0.